The zero-order chi connectivity index (χ0) is 24.4. The molecule has 1 fully saturated rings. The van der Waals surface area contributed by atoms with E-state index < -0.39 is 7.56 Å². The second-order valence-electron chi connectivity index (χ2n) is 9.95. The van der Waals surface area contributed by atoms with Gasteiger partial charge in [0.1, 0.15) is 5.69 Å². The van der Waals surface area contributed by atoms with E-state index in [-0.39, 0.29) is 17.8 Å². The van der Waals surface area contributed by atoms with Crippen molar-refractivity contribution in [1.29, 1.82) is 0 Å². The summed E-state index contributed by atoms with van der Waals surface area (Å²) in [5.74, 6) is 0.844. The first kappa shape index (κ1) is 25.1. The number of benzene rings is 2. The van der Waals surface area contributed by atoms with Crippen LogP contribution in [0.3, 0.4) is 0 Å². The van der Waals surface area contributed by atoms with Crippen LogP contribution >= 0.6 is 7.56 Å². The molecule has 0 amide bonds. The van der Waals surface area contributed by atoms with Crippen LogP contribution in [-0.2, 0) is 10.2 Å². The standard InChI is InChI=1S/C27H32N6OP.ClH/c1-19-24-26(33(30-19)20-10-6-5-7-11-20)29-18-23(35(24,28)32-14-16-34-17-15-32)25-27(2,3)21-12-8-9-13-22(21)31(25)4;/h5-13,18H,14-17,28H2,1-4H3;1H/q+1;/p-1. The van der Waals surface area contributed by atoms with Crippen molar-refractivity contribution in [3.05, 3.63) is 76.9 Å². The Balaban J connectivity index is 0.00000267. The van der Waals surface area contributed by atoms with Gasteiger partial charge >= 0.3 is 0 Å². The van der Waals surface area contributed by atoms with Crippen molar-refractivity contribution < 1.29 is 17.1 Å². The van der Waals surface area contributed by atoms with Gasteiger partial charge < -0.3 is 22.0 Å². The molecular formula is C27H32ClN6OP. The summed E-state index contributed by atoms with van der Waals surface area (Å²) >= 11 is 0. The zero-order valence-electron chi connectivity index (χ0n) is 21.1. The van der Waals surface area contributed by atoms with E-state index in [9.17, 15) is 0 Å². The highest BCUT2D eigenvalue weighted by Crippen LogP contribution is 2.67. The minimum absolute atomic E-state index is 0. The van der Waals surface area contributed by atoms with Crippen LogP contribution in [-0.4, -0.2) is 54.0 Å². The topological polar surface area (TPSA) is 71.9 Å². The number of halogens is 1. The van der Waals surface area contributed by atoms with Crippen molar-refractivity contribution in [3.8, 4) is 5.69 Å². The van der Waals surface area contributed by atoms with Crippen LogP contribution in [0.25, 0.3) is 5.69 Å². The lowest BCUT2D eigenvalue weighted by Crippen LogP contribution is -3.00. The molecule has 3 aliphatic heterocycles. The molecule has 188 valence electrons. The molecule has 1 saturated heterocycles. The summed E-state index contributed by atoms with van der Waals surface area (Å²) in [4.78, 5) is 7.37. The number of nitrogens with zero attached hydrogens (tertiary/aromatic N) is 5. The molecule has 1 aromatic heterocycles. The number of morpholine rings is 1. The predicted molar refractivity (Wildman–Crippen MR) is 144 cm³/mol. The summed E-state index contributed by atoms with van der Waals surface area (Å²) in [5.41, 5.74) is 13.2. The fourth-order valence-electron chi connectivity index (χ4n) is 5.94. The number of aromatic nitrogens is 2. The van der Waals surface area contributed by atoms with Crippen LogP contribution in [0.4, 0.5) is 11.5 Å². The number of aliphatic imine (C=N–C) groups is 1. The summed E-state index contributed by atoms with van der Waals surface area (Å²) in [6, 6.07) is 18.8. The number of ether oxygens (including phenoxy) is 1. The average molecular weight is 523 g/mol. The number of para-hydroxylation sites is 2. The minimum Gasteiger partial charge on any atom is -1.00 e. The molecule has 0 radical (unpaired) electrons. The number of hydrogen-bond donors (Lipinski definition) is 1. The van der Waals surface area contributed by atoms with Crippen molar-refractivity contribution in [1.82, 2.24) is 14.5 Å². The number of nitrogens with two attached hydrogens (primary N) is 1. The Labute approximate surface area is 219 Å². The molecule has 0 aliphatic carbocycles. The highest BCUT2D eigenvalue weighted by Gasteiger charge is 2.58. The summed E-state index contributed by atoms with van der Waals surface area (Å²) < 4.78 is 10.1. The minimum atomic E-state index is -2.51. The van der Waals surface area contributed by atoms with Crippen LogP contribution in [0.15, 0.2) is 70.6 Å². The quantitative estimate of drug-likeness (QED) is 0.514. The molecule has 4 heterocycles. The van der Waals surface area contributed by atoms with E-state index in [1.807, 2.05) is 29.1 Å². The van der Waals surface area contributed by atoms with E-state index in [0.29, 0.717) is 13.2 Å². The Bertz CT molecular complexity index is 1360. The smallest absolute Gasteiger partial charge is 0.223 e. The molecule has 7 nitrogen and oxygen atoms in total. The third-order valence-corrected chi connectivity index (χ3v) is 11.1. The van der Waals surface area contributed by atoms with Gasteiger partial charge in [-0.3, -0.25) is 0 Å². The van der Waals surface area contributed by atoms with Crippen LogP contribution < -0.4 is 28.1 Å². The molecule has 6 rings (SSSR count). The molecule has 1 atom stereocenters. The lowest BCUT2D eigenvalue weighted by atomic mass is 9.84. The Morgan fingerprint density at radius 2 is 1.67 bits per heavy atom. The molecule has 2 N–H and O–H groups in total. The third-order valence-electron chi connectivity index (χ3n) is 7.57. The van der Waals surface area contributed by atoms with Crippen LogP contribution in [0.5, 0.6) is 0 Å². The van der Waals surface area contributed by atoms with Gasteiger partial charge in [0.2, 0.25) is 18.7 Å². The number of anilines is 1. The number of fused-ring (bicyclic) bond motifs is 2. The Hall–Kier alpha value is -2.54. The van der Waals surface area contributed by atoms with Gasteiger partial charge in [0, 0.05) is 18.2 Å². The number of hydrogen-bond acceptors (Lipinski definition) is 6. The van der Waals surface area contributed by atoms with Crippen molar-refractivity contribution >= 4 is 30.6 Å². The molecule has 0 bridgehead atoms. The summed E-state index contributed by atoms with van der Waals surface area (Å²) in [6.45, 7) is 9.61. The van der Waals surface area contributed by atoms with E-state index >= 15 is 0 Å². The first-order valence-electron chi connectivity index (χ1n) is 12.1. The van der Waals surface area contributed by atoms with Gasteiger partial charge in [-0.15, -0.1) is 4.67 Å². The Kier molecular flexibility index (Phi) is 6.34. The average Bonchev–Trinajstić information content (AvgIpc) is 3.32. The molecule has 3 aromatic rings. The fraction of sp³-hybridized carbons (Fsp3) is 0.333. The molecule has 1 unspecified atom stereocenters. The van der Waals surface area contributed by atoms with E-state index in [2.05, 4.69) is 73.8 Å². The first-order chi connectivity index (χ1) is 16.8. The SMILES string of the molecule is Cc1nn(-c2ccccc2)c2c1[P+](N)(N1CCOCC1)C(=C1N(C)c3ccccc3C1(C)C)C=N2.[Cl-]. The van der Waals surface area contributed by atoms with Crippen LogP contribution in [0.2, 0.25) is 0 Å². The lowest BCUT2D eigenvalue weighted by Gasteiger charge is -2.39. The van der Waals surface area contributed by atoms with Gasteiger partial charge in [-0.25, -0.2) is 9.67 Å². The monoisotopic (exact) mass is 522 g/mol. The summed E-state index contributed by atoms with van der Waals surface area (Å²) in [7, 11) is -0.357. The van der Waals surface area contributed by atoms with Gasteiger partial charge in [-0.1, -0.05) is 36.4 Å². The summed E-state index contributed by atoms with van der Waals surface area (Å²) in [6.07, 6.45) is 2.03. The molecule has 0 saturated carbocycles. The van der Waals surface area contributed by atoms with Crippen molar-refractivity contribution in [2.45, 2.75) is 26.2 Å². The van der Waals surface area contributed by atoms with Crippen LogP contribution in [0, 0.1) is 6.92 Å². The second-order valence-corrected chi connectivity index (χ2v) is 12.8. The molecule has 2 aromatic carbocycles. The van der Waals surface area contributed by atoms with E-state index in [0.717, 1.165) is 40.9 Å². The predicted octanol–water partition coefficient (Wildman–Crippen LogP) is 1.30. The van der Waals surface area contributed by atoms with E-state index in [4.69, 9.17) is 20.3 Å². The van der Waals surface area contributed by atoms with Gasteiger partial charge in [0.25, 0.3) is 0 Å². The highest BCUT2D eigenvalue weighted by atomic mass is 35.5. The Morgan fingerprint density at radius 1 is 1.00 bits per heavy atom. The molecule has 9 heteroatoms. The zero-order valence-corrected chi connectivity index (χ0v) is 22.8. The van der Waals surface area contributed by atoms with E-state index in [1.54, 1.807) is 0 Å². The molecule has 0 spiro atoms. The first-order valence-corrected chi connectivity index (χ1v) is 13.9. The normalized spacial score (nSPS) is 24.9. The number of likely N-dealkylation sites (N-methyl/N-ethyl adjacent to an activating group) is 1. The third kappa shape index (κ3) is 3.49. The largest absolute Gasteiger partial charge is 1.00 e. The fourth-order valence-corrected chi connectivity index (χ4v) is 9.55. The maximum Gasteiger partial charge on any atom is 0.223 e. The second kappa shape index (κ2) is 9.09. The highest BCUT2D eigenvalue weighted by molar-refractivity contribution is 7.84. The van der Waals surface area contributed by atoms with E-state index in [1.165, 1.54) is 16.9 Å². The molecule has 3 aliphatic rings. The van der Waals surface area contributed by atoms with Gasteiger partial charge in [0.15, 0.2) is 5.31 Å². The number of aryl methyl sites for hydroxylation is 1. The lowest BCUT2D eigenvalue weighted by molar-refractivity contribution is -0.00000814. The maximum atomic E-state index is 7.73. The summed E-state index contributed by atoms with van der Waals surface area (Å²) in [5, 5.41) is 7.17. The van der Waals surface area contributed by atoms with Crippen molar-refractivity contribution in [3.63, 3.8) is 0 Å². The van der Waals surface area contributed by atoms with Gasteiger partial charge in [0.05, 0.1) is 43.9 Å². The van der Waals surface area contributed by atoms with Gasteiger partial charge in [-0.05, 0) is 44.5 Å². The number of allylic oxidation sites excluding steroid dienone is 2. The molecule has 36 heavy (non-hydrogen) atoms. The van der Waals surface area contributed by atoms with Gasteiger partial charge in [-0.2, -0.15) is 10.6 Å². The van der Waals surface area contributed by atoms with Crippen LogP contribution in [0.1, 0.15) is 25.1 Å². The van der Waals surface area contributed by atoms with Crippen molar-refractivity contribution in [2.24, 2.45) is 10.5 Å². The Morgan fingerprint density at radius 3 is 2.36 bits per heavy atom. The molecular weight excluding hydrogens is 491 g/mol. The maximum absolute atomic E-state index is 7.73. The van der Waals surface area contributed by atoms with Crippen molar-refractivity contribution in [2.75, 3.05) is 38.3 Å². The number of rotatable bonds is 2.